The lowest BCUT2D eigenvalue weighted by Crippen LogP contribution is -2.36. The van der Waals surface area contributed by atoms with Crippen LogP contribution in [-0.4, -0.2) is 47.1 Å². The number of amides is 1. The molecule has 0 unspecified atom stereocenters. The lowest BCUT2D eigenvalue weighted by Gasteiger charge is -2.24. The molecule has 1 aliphatic carbocycles. The number of methoxy groups -OCH3 is 1. The molecule has 1 aliphatic heterocycles. The molecule has 1 aromatic rings. The predicted octanol–water partition coefficient (Wildman–Crippen LogP) is 1.82. The first-order valence-electron chi connectivity index (χ1n) is 7.72. The monoisotopic (exact) mass is 303 g/mol. The first-order chi connectivity index (χ1) is 10.8. The van der Waals surface area contributed by atoms with Gasteiger partial charge in [0.05, 0.1) is 26.0 Å². The van der Waals surface area contributed by atoms with Crippen molar-refractivity contribution in [2.75, 3.05) is 20.2 Å². The predicted molar refractivity (Wildman–Crippen MR) is 80.7 cm³/mol. The van der Waals surface area contributed by atoms with Gasteiger partial charge in [-0.05, 0) is 19.3 Å². The molecule has 1 amide bonds. The zero-order valence-electron chi connectivity index (χ0n) is 12.8. The second kappa shape index (κ2) is 6.77. The molecule has 0 radical (unpaired) electrons. The third kappa shape index (κ3) is 3.37. The Bertz CT molecular complexity index is 561. The summed E-state index contributed by atoms with van der Waals surface area (Å²) in [5, 5.41) is 0. The van der Waals surface area contributed by atoms with E-state index < -0.39 is 0 Å². The molecule has 118 valence electrons. The van der Waals surface area contributed by atoms with E-state index in [1.54, 1.807) is 13.3 Å². The van der Waals surface area contributed by atoms with Crippen LogP contribution < -0.4 is 9.47 Å². The molecule has 1 fully saturated rings. The van der Waals surface area contributed by atoms with E-state index in [9.17, 15) is 4.79 Å². The molecule has 0 N–H and O–H groups in total. The molecular formula is C16H21N3O3. The first kappa shape index (κ1) is 14.8. The van der Waals surface area contributed by atoms with Crippen LogP contribution in [0.5, 0.6) is 11.8 Å². The third-order valence-electron chi connectivity index (χ3n) is 4.16. The van der Waals surface area contributed by atoms with Gasteiger partial charge < -0.3 is 14.4 Å². The first-order valence-corrected chi connectivity index (χ1v) is 7.72. The van der Waals surface area contributed by atoms with Crippen LogP contribution in [-0.2, 0) is 4.79 Å². The van der Waals surface area contributed by atoms with Crippen LogP contribution >= 0.6 is 0 Å². The fourth-order valence-electron chi connectivity index (χ4n) is 2.96. The molecule has 2 atom stereocenters. The molecule has 6 heteroatoms. The minimum absolute atomic E-state index is 0.0236. The van der Waals surface area contributed by atoms with Crippen LogP contribution in [0.2, 0.25) is 0 Å². The fraction of sp³-hybridized carbons (Fsp3) is 0.562. The average Bonchev–Trinajstić information content (AvgIpc) is 3.03. The Balaban J connectivity index is 1.55. The smallest absolute Gasteiger partial charge is 0.235 e. The summed E-state index contributed by atoms with van der Waals surface area (Å²) in [6.45, 7) is 1.37. The highest BCUT2D eigenvalue weighted by atomic mass is 16.5. The van der Waals surface area contributed by atoms with Crippen LogP contribution in [0.4, 0.5) is 0 Å². The van der Waals surface area contributed by atoms with E-state index in [1.165, 1.54) is 6.20 Å². The second-order valence-electron chi connectivity index (χ2n) is 5.69. The SMILES string of the molecule is COc1cncc(O[C@@H]2CCN(C(=O)[C@H]3CC=CCC3)C2)n1. The number of likely N-dealkylation sites (tertiary alicyclic amines) is 1. The fourth-order valence-corrected chi connectivity index (χ4v) is 2.96. The Morgan fingerprint density at radius 1 is 1.27 bits per heavy atom. The number of carbonyl (C=O) groups excluding carboxylic acids is 1. The van der Waals surface area contributed by atoms with Gasteiger partial charge in [-0.3, -0.25) is 9.78 Å². The van der Waals surface area contributed by atoms with E-state index in [4.69, 9.17) is 9.47 Å². The van der Waals surface area contributed by atoms with Crippen LogP contribution in [0, 0.1) is 5.92 Å². The molecule has 0 bridgehead atoms. The maximum absolute atomic E-state index is 12.5. The lowest BCUT2D eigenvalue weighted by molar-refractivity contribution is -0.135. The van der Waals surface area contributed by atoms with Crippen molar-refractivity contribution >= 4 is 5.91 Å². The van der Waals surface area contributed by atoms with Crippen molar-refractivity contribution in [3.05, 3.63) is 24.5 Å². The summed E-state index contributed by atoms with van der Waals surface area (Å²) >= 11 is 0. The van der Waals surface area contributed by atoms with E-state index in [0.717, 1.165) is 32.2 Å². The van der Waals surface area contributed by atoms with Crippen molar-refractivity contribution in [3.63, 3.8) is 0 Å². The van der Waals surface area contributed by atoms with Crippen LogP contribution in [0.3, 0.4) is 0 Å². The van der Waals surface area contributed by atoms with Gasteiger partial charge in [0.15, 0.2) is 0 Å². The molecule has 1 saturated heterocycles. The number of carbonyl (C=O) groups is 1. The molecule has 2 aliphatic rings. The Labute approximate surface area is 130 Å². The molecule has 1 aromatic heterocycles. The van der Waals surface area contributed by atoms with Gasteiger partial charge in [0.25, 0.3) is 0 Å². The van der Waals surface area contributed by atoms with Gasteiger partial charge in [-0.1, -0.05) is 12.2 Å². The largest absolute Gasteiger partial charge is 0.480 e. The number of allylic oxidation sites excluding steroid dienone is 2. The number of ether oxygens (including phenoxy) is 2. The van der Waals surface area contributed by atoms with E-state index >= 15 is 0 Å². The van der Waals surface area contributed by atoms with E-state index in [1.807, 2.05) is 4.90 Å². The highest BCUT2D eigenvalue weighted by molar-refractivity contribution is 5.79. The van der Waals surface area contributed by atoms with Crippen molar-refractivity contribution < 1.29 is 14.3 Å². The van der Waals surface area contributed by atoms with Crippen LogP contribution in [0.15, 0.2) is 24.5 Å². The highest BCUT2D eigenvalue weighted by Gasteiger charge is 2.31. The summed E-state index contributed by atoms with van der Waals surface area (Å²) in [5.41, 5.74) is 0. The Morgan fingerprint density at radius 3 is 2.91 bits per heavy atom. The average molecular weight is 303 g/mol. The maximum Gasteiger partial charge on any atom is 0.235 e. The van der Waals surface area contributed by atoms with Crippen molar-refractivity contribution in [3.8, 4) is 11.8 Å². The summed E-state index contributed by atoms with van der Waals surface area (Å²) in [4.78, 5) is 22.6. The molecule has 0 saturated carbocycles. The maximum atomic E-state index is 12.5. The van der Waals surface area contributed by atoms with E-state index in [0.29, 0.717) is 18.3 Å². The third-order valence-corrected chi connectivity index (χ3v) is 4.16. The van der Waals surface area contributed by atoms with E-state index in [-0.39, 0.29) is 17.9 Å². The quantitative estimate of drug-likeness (QED) is 0.794. The van der Waals surface area contributed by atoms with Crippen LogP contribution in [0.1, 0.15) is 25.7 Å². The molecule has 22 heavy (non-hydrogen) atoms. The molecule has 0 spiro atoms. The van der Waals surface area contributed by atoms with Gasteiger partial charge in [0.1, 0.15) is 6.10 Å². The number of hydrogen-bond acceptors (Lipinski definition) is 5. The summed E-state index contributed by atoms with van der Waals surface area (Å²) in [5.74, 6) is 1.27. The van der Waals surface area contributed by atoms with Gasteiger partial charge in [-0.2, -0.15) is 4.98 Å². The number of aromatic nitrogens is 2. The van der Waals surface area contributed by atoms with Gasteiger partial charge in [-0.15, -0.1) is 0 Å². The number of nitrogens with zero attached hydrogens (tertiary/aromatic N) is 3. The Morgan fingerprint density at radius 2 is 2.14 bits per heavy atom. The van der Waals surface area contributed by atoms with Gasteiger partial charge in [0, 0.05) is 18.9 Å². The molecule has 3 rings (SSSR count). The van der Waals surface area contributed by atoms with Gasteiger partial charge in [0.2, 0.25) is 17.7 Å². The zero-order valence-corrected chi connectivity index (χ0v) is 12.8. The molecule has 6 nitrogen and oxygen atoms in total. The molecular weight excluding hydrogens is 282 g/mol. The number of hydrogen-bond donors (Lipinski definition) is 0. The van der Waals surface area contributed by atoms with E-state index in [2.05, 4.69) is 22.1 Å². The topological polar surface area (TPSA) is 64.6 Å². The van der Waals surface area contributed by atoms with Gasteiger partial charge >= 0.3 is 0 Å². The molecule has 2 heterocycles. The number of rotatable bonds is 4. The minimum Gasteiger partial charge on any atom is -0.480 e. The highest BCUT2D eigenvalue weighted by Crippen LogP contribution is 2.24. The summed E-state index contributed by atoms with van der Waals surface area (Å²) < 4.78 is 10.9. The lowest BCUT2D eigenvalue weighted by atomic mass is 9.93. The van der Waals surface area contributed by atoms with Gasteiger partial charge in [-0.25, -0.2) is 0 Å². The summed E-state index contributed by atoms with van der Waals surface area (Å²) in [7, 11) is 1.54. The van der Waals surface area contributed by atoms with Crippen molar-refractivity contribution in [2.45, 2.75) is 31.8 Å². The van der Waals surface area contributed by atoms with Crippen molar-refractivity contribution in [1.82, 2.24) is 14.9 Å². The summed E-state index contributed by atoms with van der Waals surface area (Å²) in [6.07, 6.45) is 11.0. The minimum atomic E-state index is -0.0236. The summed E-state index contributed by atoms with van der Waals surface area (Å²) in [6, 6.07) is 0. The zero-order chi connectivity index (χ0) is 15.4. The van der Waals surface area contributed by atoms with Crippen molar-refractivity contribution in [1.29, 1.82) is 0 Å². The standard InChI is InChI=1S/C16H21N3O3/c1-21-14-9-17-10-15(18-14)22-13-7-8-19(11-13)16(20)12-5-3-2-4-6-12/h2-3,9-10,12-13H,4-8,11H2,1H3/t12-,13+/m0/s1. The Hall–Kier alpha value is -2.11. The second-order valence-corrected chi connectivity index (χ2v) is 5.69. The van der Waals surface area contributed by atoms with Crippen molar-refractivity contribution in [2.24, 2.45) is 5.92 Å². The molecule has 0 aromatic carbocycles. The van der Waals surface area contributed by atoms with Crippen LogP contribution in [0.25, 0.3) is 0 Å². The normalized spacial score (nSPS) is 24.3. The Kier molecular flexibility index (Phi) is 4.56.